The van der Waals surface area contributed by atoms with Gasteiger partial charge in [0, 0.05) is 20.6 Å². The molecule has 0 radical (unpaired) electrons. The number of hydrogen-bond acceptors (Lipinski definition) is 8. The predicted molar refractivity (Wildman–Crippen MR) is 139 cm³/mol. The average molecular weight is 515 g/mol. The molecule has 1 atom stereocenters. The Morgan fingerprint density at radius 1 is 1.29 bits per heavy atom. The van der Waals surface area contributed by atoms with Crippen LogP contribution < -0.4 is 10.1 Å². The van der Waals surface area contributed by atoms with Gasteiger partial charge in [-0.05, 0) is 39.3 Å². The summed E-state index contributed by atoms with van der Waals surface area (Å²) in [7, 11) is 3.36. The number of hydrogen-bond donors (Lipinski definition) is 1. The third kappa shape index (κ3) is 6.49. The Morgan fingerprint density at radius 2 is 2.03 bits per heavy atom. The van der Waals surface area contributed by atoms with Crippen molar-refractivity contribution in [3.05, 3.63) is 58.4 Å². The van der Waals surface area contributed by atoms with Crippen LogP contribution in [0, 0.1) is 20.8 Å². The maximum atomic E-state index is 12.6. The van der Waals surface area contributed by atoms with E-state index in [1.807, 2.05) is 37.5 Å². The average Bonchev–Trinajstić information content (AvgIpc) is 3.36. The van der Waals surface area contributed by atoms with E-state index >= 15 is 0 Å². The van der Waals surface area contributed by atoms with Gasteiger partial charge in [0.1, 0.15) is 10.6 Å². The van der Waals surface area contributed by atoms with E-state index < -0.39 is 0 Å². The number of anilines is 1. The molecule has 0 aliphatic rings. The van der Waals surface area contributed by atoms with Gasteiger partial charge in [-0.2, -0.15) is 0 Å². The molecule has 0 saturated carbocycles. The van der Waals surface area contributed by atoms with Crippen LogP contribution in [0.2, 0.25) is 0 Å². The lowest BCUT2D eigenvalue weighted by Crippen LogP contribution is -2.21. The summed E-state index contributed by atoms with van der Waals surface area (Å²) in [6.07, 6.45) is 1.40. The Labute approximate surface area is 213 Å². The zero-order chi connectivity index (χ0) is 25.7. The Morgan fingerprint density at radius 3 is 2.69 bits per heavy atom. The van der Waals surface area contributed by atoms with Crippen LogP contribution in [0.4, 0.5) is 5.13 Å². The van der Waals surface area contributed by atoms with Gasteiger partial charge in [-0.1, -0.05) is 46.9 Å². The van der Waals surface area contributed by atoms with Gasteiger partial charge in [0.25, 0.3) is 5.91 Å². The summed E-state index contributed by atoms with van der Waals surface area (Å²) >= 11 is 2.42. The molecule has 35 heavy (non-hydrogen) atoms. The first-order chi connectivity index (χ1) is 16.6. The molecule has 2 aromatic heterocycles. The Kier molecular flexibility index (Phi) is 8.68. The SMILES string of the molecule is C=CCn1c(SCC(=O)Nc2nc(C)c(C(=O)N(C)C)s2)nnc1C(C)Oc1ccc(C)cc1C. The number of rotatable bonds is 10. The number of benzene rings is 1. The molecule has 1 aromatic carbocycles. The van der Waals surface area contributed by atoms with Gasteiger partial charge in [-0.15, -0.1) is 16.8 Å². The molecule has 0 aliphatic heterocycles. The predicted octanol–water partition coefficient (Wildman–Crippen LogP) is 4.42. The fraction of sp³-hybridized carbons (Fsp3) is 0.375. The molecule has 0 spiro atoms. The van der Waals surface area contributed by atoms with Gasteiger partial charge >= 0.3 is 0 Å². The number of nitrogens with zero attached hydrogens (tertiary/aromatic N) is 5. The Hall–Kier alpha value is -3.18. The number of amides is 2. The maximum absolute atomic E-state index is 12.6. The largest absolute Gasteiger partial charge is 0.482 e. The molecule has 3 rings (SSSR count). The van der Waals surface area contributed by atoms with Gasteiger partial charge in [-0.3, -0.25) is 14.2 Å². The normalized spacial score (nSPS) is 11.7. The van der Waals surface area contributed by atoms with Crippen molar-refractivity contribution in [3.8, 4) is 5.75 Å². The van der Waals surface area contributed by atoms with Gasteiger partial charge in [0.15, 0.2) is 22.2 Å². The lowest BCUT2D eigenvalue weighted by molar-refractivity contribution is -0.113. The summed E-state index contributed by atoms with van der Waals surface area (Å²) in [5.74, 6) is 1.15. The standard InChI is InChI=1S/C24H30N6O3S2/c1-8-11-30-21(17(5)33-18-10-9-14(2)12-15(18)3)27-28-24(30)34-13-19(31)26-23-25-16(4)20(35-23)22(32)29(6)7/h8-10,12,17H,1,11,13H2,2-7H3,(H,25,26,31). The van der Waals surface area contributed by atoms with Crippen LogP contribution in [0.15, 0.2) is 36.0 Å². The highest BCUT2D eigenvalue weighted by molar-refractivity contribution is 7.99. The Balaban J connectivity index is 1.67. The molecule has 1 N–H and O–H groups in total. The summed E-state index contributed by atoms with van der Waals surface area (Å²) in [5.41, 5.74) is 2.80. The number of aromatic nitrogens is 4. The molecule has 1 unspecified atom stereocenters. The molecule has 0 fully saturated rings. The molecular weight excluding hydrogens is 484 g/mol. The number of carbonyl (C=O) groups is 2. The second-order valence-electron chi connectivity index (χ2n) is 8.24. The van der Waals surface area contributed by atoms with E-state index in [0.29, 0.717) is 33.2 Å². The summed E-state index contributed by atoms with van der Waals surface area (Å²) in [4.78, 5) is 31.1. The second-order valence-corrected chi connectivity index (χ2v) is 10.2. The zero-order valence-electron chi connectivity index (χ0n) is 20.8. The van der Waals surface area contributed by atoms with Crippen molar-refractivity contribution in [1.29, 1.82) is 0 Å². The van der Waals surface area contributed by atoms with E-state index in [-0.39, 0.29) is 23.7 Å². The molecule has 2 amide bonds. The number of thiazole rings is 1. The number of aryl methyl sites for hydroxylation is 3. The van der Waals surface area contributed by atoms with Gasteiger partial charge in [-0.25, -0.2) is 4.98 Å². The lowest BCUT2D eigenvalue weighted by Gasteiger charge is -2.17. The summed E-state index contributed by atoms with van der Waals surface area (Å²) < 4.78 is 8.05. The number of ether oxygens (including phenoxy) is 1. The molecule has 186 valence electrons. The van der Waals surface area contributed by atoms with Gasteiger partial charge in [0.05, 0.1) is 11.4 Å². The van der Waals surface area contributed by atoms with E-state index in [1.54, 1.807) is 27.1 Å². The van der Waals surface area contributed by atoms with Crippen LogP contribution in [0.25, 0.3) is 0 Å². The highest BCUT2D eigenvalue weighted by Gasteiger charge is 2.21. The molecular formula is C24H30N6O3S2. The number of carbonyl (C=O) groups excluding carboxylic acids is 2. The van der Waals surface area contributed by atoms with Crippen LogP contribution in [0.1, 0.15) is 45.3 Å². The van der Waals surface area contributed by atoms with E-state index in [1.165, 1.54) is 22.2 Å². The van der Waals surface area contributed by atoms with Crippen LogP contribution in [-0.4, -0.2) is 56.3 Å². The van der Waals surface area contributed by atoms with Crippen molar-refractivity contribution >= 4 is 40.0 Å². The van der Waals surface area contributed by atoms with Crippen molar-refractivity contribution in [1.82, 2.24) is 24.6 Å². The van der Waals surface area contributed by atoms with Gasteiger partial charge < -0.3 is 15.0 Å². The van der Waals surface area contributed by atoms with E-state index in [0.717, 1.165) is 22.6 Å². The van der Waals surface area contributed by atoms with Crippen molar-refractivity contribution in [2.75, 3.05) is 25.2 Å². The van der Waals surface area contributed by atoms with Gasteiger partial charge in [0.2, 0.25) is 5.91 Å². The smallest absolute Gasteiger partial charge is 0.265 e. The van der Waals surface area contributed by atoms with Crippen LogP contribution in [0.3, 0.4) is 0 Å². The first-order valence-corrected chi connectivity index (χ1v) is 12.8. The van der Waals surface area contributed by atoms with Crippen LogP contribution in [-0.2, 0) is 11.3 Å². The first-order valence-electron chi connectivity index (χ1n) is 11.0. The fourth-order valence-corrected chi connectivity index (χ4v) is 5.08. The second kappa shape index (κ2) is 11.5. The third-order valence-electron chi connectivity index (χ3n) is 5.03. The van der Waals surface area contributed by atoms with E-state index in [2.05, 4.69) is 33.1 Å². The minimum atomic E-state index is -0.349. The quantitative estimate of drug-likeness (QED) is 0.316. The Bertz CT molecular complexity index is 1230. The van der Waals surface area contributed by atoms with E-state index in [9.17, 15) is 9.59 Å². The molecule has 0 bridgehead atoms. The maximum Gasteiger partial charge on any atom is 0.265 e. The molecule has 9 nitrogen and oxygen atoms in total. The first kappa shape index (κ1) is 26.4. The van der Waals surface area contributed by atoms with Crippen LogP contribution >= 0.6 is 23.1 Å². The van der Waals surface area contributed by atoms with Crippen molar-refractivity contribution in [2.45, 2.75) is 45.5 Å². The topological polar surface area (TPSA) is 102 Å². The summed E-state index contributed by atoms with van der Waals surface area (Å²) in [6, 6.07) is 6.03. The van der Waals surface area contributed by atoms with Crippen molar-refractivity contribution in [3.63, 3.8) is 0 Å². The molecule has 11 heteroatoms. The summed E-state index contributed by atoms with van der Waals surface area (Å²) in [5, 5.41) is 12.3. The zero-order valence-corrected chi connectivity index (χ0v) is 22.4. The number of allylic oxidation sites excluding steroid dienone is 1. The lowest BCUT2D eigenvalue weighted by atomic mass is 10.1. The highest BCUT2D eigenvalue weighted by Crippen LogP contribution is 2.28. The monoisotopic (exact) mass is 514 g/mol. The van der Waals surface area contributed by atoms with E-state index in [4.69, 9.17) is 4.74 Å². The minimum Gasteiger partial charge on any atom is -0.482 e. The van der Waals surface area contributed by atoms with Crippen molar-refractivity contribution in [2.24, 2.45) is 0 Å². The highest BCUT2D eigenvalue weighted by atomic mass is 32.2. The molecule has 0 saturated heterocycles. The molecule has 3 aromatic rings. The summed E-state index contributed by atoms with van der Waals surface area (Å²) in [6.45, 7) is 12.0. The van der Waals surface area contributed by atoms with Crippen molar-refractivity contribution < 1.29 is 14.3 Å². The van der Waals surface area contributed by atoms with Crippen LogP contribution in [0.5, 0.6) is 5.75 Å². The third-order valence-corrected chi connectivity index (χ3v) is 7.06. The minimum absolute atomic E-state index is 0.108. The number of thioether (sulfide) groups is 1. The molecule has 2 heterocycles. The fourth-order valence-electron chi connectivity index (χ4n) is 3.32. The molecule has 0 aliphatic carbocycles. The number of nitrogens with one attached hydrogen (secondary N) is 1.